The molecule has 0 radical (unpaired) electrons. The highest BCUT2D eigenvalue weighted by molar-refractivity contribution is 5.95. The molecule has 1 heterocycles. The third-order valence-corrected chi connectivity index (χ3v) is 4.02. The highest BCUT2D eigenvalue weighted by Crippen LogP contribution is 2.32. The molecule has 2 aromatic rings. The number of carbonyl (C=O) groups excluding carboxylic acids is 2. The number of esters is 1. The average Bonchev–Trinajstić information content (AvgIpc) is 2.64. The van der Waals surface area contributed by atoms with Crippen LogP contribution in [-0.2, 0) is 9.53 Å². The van der Waals surface area contributed by atoms with Crippen LogP contribution in [0.1, 0.15) is 25.5 Å². The van der Waals surface area contributed by atoms with Gasteiger partial charge in [0.25, 0.3) is 0 Å². The molecule has 0 saturated heterocycles. The quantitative estimate of drug-likeness (QED) is 0.785. The number of hydrogen-bond donors (Lipinski definition) is 2. The van der Waals surface area contributed by atoms with Crippen molar-refractivity contribution in [2.75, 3.05) is 6.61 Å². The molecular weight excluding hydrogens is 351 g/mol. The van der Waals surface area contributed by atoms with Crippen LogP contribution in [0.25, 0.3) is 0 Å². The van der Waals surface area contributed by atoms with E-state index in [0.29, 0.717) is 17.0 Å². The van der Waals surface area contributed by atoms with Gasteiger partial charge in [-0.15, -0.1) is 0 Å². The summed E-state index contributed by atoms with van der Waals surface area (Å²) in [6, 6.07) is 11.7. The van der Waals surface area contributed by atoms with Gasteiger partial charge in [-0.2, -0.15) is 0 Å². The van der Waals surface area contributed by atoms with Gasteiger partial charge in [-0.1, -0.05) is 24.3 Å². The lowest BCUT2D eigenvalue weighted by Gasteiger charge is -2.28. The van der Waals surface area contributed by atoms with Gasteiger partial charge >= 0.3 is 12.0 Å². The van der Waals surface area contributed by atoms with Crippen LogP contribution >= 0.6 is 0 Å². The molecule has 1 atom stereocenters. The van der Waals surface area contributed by atoms with E-state index in [1.807, 2.05) is 6.07 Å². The van der Waals surface area contributed by atoms with Crippen LogP contribution < -0.4 is 15.4 Å². The van der Waals surface area contributed by atoms with E-state index >= 15 is 0 Å². The summed E-state index contributed by atoms with van der Waals surface area (Å²) in [7, 11) is 0. The Morgan fingerprint density at radius 3 is 2.63 bits per heavy atom. The smallest absolute Gasteiger partial charge is 0.338 e. The van der Waals surface area contributed by atoms with Crippen molar-refractivity contribution in [2.45, 2.75) is 19.9 Å². The summed E-state index contributed by atoms with van der Waals surface area (Å²) in [4.78, 5) is 24.3. The number of nitrogens with one attached hydrogen (secondary N) is 2. The lowest BCUT2D eigenvalue weighted by molar-refractivity contribution is -0.139. The highest BCUT2D eigenvalue weighted by Gasteiger charge is 2.32. The van der Waals surface area contributed by atoms with Gasteiger partial charge in [0.1, 0.15) is 5.75 Å². The van der Waals surface area contributed by atoms with Crippen LogP contribution in [0.3, 0.4) is 0 Å². The summed E-state index contributed by atoms with van der Waals surface area (Å²) in [6.07, 6.45) is 0. The highest BCUT2D eigenvalue weighted by atomic mass is 19.1. The van der Waals surface area contributed by atoms with Crippen LogP contribution in [0.5, 0.6) is 11.5 Å². The monoisotopic (exact) mass is 370 g/mol. The number of allylic oxidation sites excluding steroid dienone is 1. The fourth-order valence-electron chi connectivity index (χ4n) is 2.82. The summed E-state index contributed by atoms with van der Waals surface area (Å²) in [5, 5.41) is 5.23. The topological polar surface area (TPSA) is 76.7 Å². The summed E-state index contributed by atoms with van der Waals surface area (Å²) < 4.78 is 24.9. The number of halogens is 1. The molecule has 1 aliphatic heterocycles. The molecule has 2 aromatic carbocycles. The van der Waals surface area contributed by atoms with Crippen molar-refractivity contribution in [3.63, 3.8) is 0 Å². The van der Waals surface area contributed by atoms with E-state index in [2.05, 4.69) is 10.6 Å². The van der Waals surface area contributed by atoms with E-state index in [0.717, 1.165) is 0 Å². The van der Waals surface area contributed by atoms with Crippen LogP contribution in [0.2, 0.25) is 0 Å². The molecular formula is C20H19FN2O4. The molecule has 6 nitrogen and oxygen atoms in total. The number of rotatable bonds is 5. The largest absolute Gasteiger partial charge is 0.463 e. The van der Waals surface area contributed by atoms with Crippen molar-refractivity contribution >= 4 is 12.0 Å². The second kappa shape index (κ2) is 7.90. The molecule has 7 heteroatoms. The number of ether oxygens (including phenoxy) is 2. The van der Waals surface area contributed by atoms with Gasteiger partial charge in [0.15, 0.2) is 11.6 Å². The van der Waals surface area contributed by atoms with Crippen molar-refractivity contribution in [1.82, 2.24) is 10.6 Å². The molecule has 0 saturated carbocycles. The molecule has 1 aliphatic rings. The number of hydrogen-bond acceptors (Lipinski definition) is 4. The minimum atomic E-state index is -0.781. The van der Waals surface area contributed by atoms with Gasteiger partial charge in [0, 0.05) is 5.70 Å². The molecule has 27 heavy (non-hydrogen) atoms. The summed E-state index contributed by atoms with van der Waals surface area (Å²) in [6.45, 7) is 3.51. The Hall–Kier alpha value is -3.35. The minimum Gasteiger partial charge on any atom is -0.463 e. The van der Waals surface area contributed by atoms with Crippen LogP contribution in [0, 0.1) is 5.82 Å². The molecule has 2 N–H and O–H groups in total. The molecule has 0 aliphatic carbocycles. The zero-order valence-electron chi connectivity index (χ0n) is 14.9. The van der Waals surface area contributed by atoms with Gasteiger partial charge in [0.05, 0.1) is 18.2 Å². The van der Waals surface area contributed by atoms with Gasteiger partial charge in [-0.05, 0) is 43.7 Å². The van der Waals surface area contributed by atoms with Crippen LogP contribution in [0.4, 0.5) is 9.18 Å². The summed E-state index contributed by atoms with van der Waals surface area (Å²) in [5.41, 5.74) is 1.14. The maximum atomic E-state index is 14.2. The Bertz CT molecular complexity index is 896. The van der Waals surface area contributed by atoms with Crippen molar-refractivity contribution in [3.05, 3.63) is 71.2 Å². The Kier molecular flexibility index (Phi) is 5.40. The van der Waals surface area contributed by atoms with E-state index in [1.54, 1.807) is 38.1 Å². The number of para-hydroxylation sites is 1. The lowest BCUT2D eigenvalue weighted by atomic mass is 9.95. The second-order valence-electron chi connectivity index (χ2n) is 5.90. The van der Waals surface area contributed by atoms with E-state index < -0.39 is 23.9 Å². The number of carbonyl (C=O) groups is 2. The SMILES string of the molecule is CCOC(=O)C1=C(C)NC(=O)NC1c1ccc(F)c(Oc2ccccc2)c1. The molecule has 0 fully saturated rings. The summed E-state index contributed by atoms with van der Waals surface area (Å²) in [5.74, 6) is -0.642. The van der Waals surface area contributed by atoms with Gasteiger partial charge in [0.2, 0.25) is 0 Å². The molecule has 2 amide bonds. The molecule has 3 rings (SSSR count). The average molecular weight is 370 g/mol. The number of amides is 2. The minimum absolute atomic E-state index is 0.00709. The standard InChI is InChI=1S/C20H19FN2O4/c1-3-26-19(24)17-12(2)22-20(25)23-18(17)13-9-10-15(21)16(11-13)27-14-7-5-4-6-8-14/h4-11,18H,3H2,1-2H3,(H2,22,23,25). The first kappa shape index (κ1) is 18.4. The fourth-order valence-corrected chi connectivity index (χ4v) is 2.82. The maximum Gasteiger partial charge on any atom is 0.338 e. The molecule has 1 unspecified atom stereocenters. The van der Waals surface area contributed by atoms with Gasteiger partial charge in [-0.3, -0.25) is 0 Å². The Labute approximate surface area is 156 Å². The van der Waals surface area contributed by atoms with Crippen molar-refractivity contribution in [3.8, 4) is 11.5 Å². The first-order chi connectivity index (χ1) is 13.0. The van der Waals surface area contributed by atoms with E-state index in [9.17, 15) is 14.0 Å². The molecule has 0 spiro atoms. The second-order valence-corrected chi connectivity index (χ2v) is 5.90. The zero-order chi connectivity index (χ0) is 19.4. The Morgan fingerprint density at radius 1 is 1.19 bits per heavy atom. The van der Waals surface area contributed by atoms with Gasteiger partial charge in [-0.25, -0.2) is 14.0 Å². The fraction of sp³-hybridized carbons (Fsp3) is 0.200. The predicted molar refractivity (Wildman–Crippen MR) is 96.7 cm³/mol. The van der Waals surface area contributed by atoms with E-state index in [1.165, 1.54) is 18.2 Å². The van der Waals surface area contributed by atoms with Gasteiger partial charge < -0.3 is 20.1 Å². The van der Waals surface area contributed by atoms with E-state index in [-0.39, 0.29) is 17.9 Å². The molecule has 0 aromatic heterocycles. The number of urea groups is 1. The van der Waals surface area contributed by atoms with Crippen LogP contribution in [-0.4, -0.2) is 18.6 Å². The first-order valence-corrected chi connectivity index (χ1v) is 8.47. The Balaban J connectivity index is 1.98. The predicted octanol–water partition coefficient (Wildman–Crippen LogP) is 3.81. The third-order valence-electron chi connectivity index (χ3n) is 4.02. The maximum absolute atomic E-state index is 14.2. The number of benzene rings is 2. The Morgan fingerprint density at radius 2 is 1.93 bits per heavy atom. The zero-order valence-corrected chi connectivity index (χ0v) is 14.9. The van der Waals surface area contributed by atoms with E-state index in [4.69, 9.17) is 9.47 Å². The first-order valence-electron chi connectivity index (χ1n) is 8.47. The third kappa shape index (κ3) is 4.08. The summed E-state index contributed by atoms with van der Waals surface area (Å²) >= 11 is 0. The van der Waals surface area contributed by atoms with Crippen molar-refractivity contribution < 1.29 is 23.5 Å². The van der Waals surface area contributed by atoms with Crippen molar-refractivity contribution in [2.24, 2.45) is 0 Å². The molecule has 140 valence electrons. The van der Waals surface area contributed by atoms with Crippen molar-refractivity contribution in [1.29, 1.82) is 0 Å². The normalized spacial score (nSPS) is 16.4. The molecule has 0 bridgehead atoms. The lowest BCUT2D eigenvalue weighted by Crippen LogP contribution is -2.45. The van der Waals surface area contributed by atoms with Crippen LogP contribution in [0.15, 0.2) is 59.8 Å².